The molecule has 1 aliphatic carbocycles. The molecule has 0 spiro atoms. The molecule has 78 valence electrons. The average Bonchev–Trinajstić information content (AvgIpc) is 2.14. The number of hydrogen-bond acceptors (Lipinski definition) is 2. The molecule has 0 atom stereocenters. The number of fused-ring (bicyclic) bond motifs is 1. The highest BCUT2D eigenvalue weighted by Gasteiger charge is 2.43. The second-order valence-electron chi connectivity index (χ2n) is 3.30. The van der Waals surface area contributed by atoms with Gasteiger partial charge in [0.15, 0.2) is 14.8 Å². The van der Waals surface area contributed by atoms with Crippen LogP contribution >= 0.6 is 31.9 Å². The summed E-state index contributed by atoms with van der Waals surface area (Å²) < 4.78 is 12.3. The van der Waals surface area contributed by atoms with Crippen molar-refractivity contribution >= 4 is 43.4 Å². The highest BCUT2D eigenvalue weighted by atomic mass is 79.9. The van der Waals surface area contributed by atoms with Crippen LogP contribution in [0.15, 0.2) is 18.2 Å². The minimum Gasteiger partial charge on any atom is -0.294 e. The molecular weight excluding hydrogens is 331 g/mol. The van der Waals surface area contributed by atoms with Crippen LogP contribution in [-0.2, 0) is 0 Å². The molecule has 0 heterocycles. The lowest BCUT2D eigenvalue weighted by Crippen LogP contribution is -2.35. The molecule has 0 bridgehead atoms. The minimum atomic E-state index is -1.16. The molecule has 0 saturated heterocycles. The lowest BCUT2D eigenvalue weighted by Gasteiger charge is -2.25. The third-order valence-corrected chi connectivity index (χ3v) is 3.54. The number of carbonyl (C=O) groups excluding carboxylic acids is 2. The largest absolute Gasteiger partial charge is 0.294 e. The van der Waals surface area contributed by atoms with Gasteiger partial charge in [-0.1, -0.05) is 44.0 Å². The SMILES string of the molecule is O=C1CC(Br)(Br)C(=O)c2c(F)cccc21. The molecule has 0 aromatic heterocycles. The second kappa shape index (κ2) is 3.49. The Morgan fingerprint density at radius 2 is 1.93 bits per heavy atom. The van der Waals surface area contributed by atoms with Crippen LogP contribution in [0.5, 0.6) is 0 Å². The summed E-state index contributed by atoms with van der Waals surface area (Å²) in [5.41, 5.74) is 0.0250. The van der Waals surface area contributed by atoms with Gasteiger partial charge in [-0.15, -0.1) is 0 Å². The topological polar surface area (TPSA) is 34.1 Å². The van der Waals surface area contributed by atoms with Gasteiger partial charge < -0.3 is 0 Å². The van der Waals surface area contributed by atoms with Gasteiger partial charge in [0.05, 0.1) is 5.56 Å². The Balaban J connectivity index is 2.71. The lowest BCUT2D eigenvalue weighted by molar-refractivity contribution is 0.0887. The van der Waals surface area contributed by atoms with Crippen molar-refractivity contribution < 1.29 is 14.0 Å². The molecule has 0 aliphatic heterocycles. The van der Waals surface area contributed by atoms with Crippen LogP contribution in [0.4, 0.5) is 4.39 Å². The third-order valence-electron chi connectivity index (χ3n) is 2.26. The Morgan fingerprint density at radius 1 is 1.27 bits per heavy atom. The molecular formula is C10H5Br2FO2. The van der Waals surface area contributed by atoms with Crippen LogP contribution in [0.1, 0.15) is 27.1 Å². The number of Topliss-reactive ketones (excluding diaryl/α,β-unsaturated/α-hetero) is 2. The number of halogens is 3. The van der Waals surface area contributed by atoms with E-state index in [9.17, 15) is 14.0 Å². The highest BCUT2D eigenvalue weighted by molar-refractivity contribution is 9.26. The maximum atomic E-state index is 13.4. The van der Waals surface area contributed by atoms with Crippen molar-refractivity contribution in [3.63, 3.8) is 0 Å². The van der Waals surface area contributed by atoms with Gasteiger partial charge >= 0.3 is 0 Å². The highest BCUT2D eigenvalue weighted by Crippen LogP contribution is 2.40. The molecule has 0 saturated carbocycles. The van der Waals surface area contributed by atoms with Crippen molar-refractivity contribution in [3.8, 4) is 0 Å². The fraction of sp³-hybridized carbons (Fsp3) is 0.200. The monoisotopic (exact) mass is 334 g/mol. The smallest absolute Gasteiger partial charge is 0.194 e. The quantitative estimate of drug-likeness (QED) is 0.683. The Morgan fingerprint density at radius 3 is 2.60 bits per heavy atom. The maximum Gasteiger partial charge on any atom is 0.194 e. The van der Waals surface area contributed by atoms with E-state index in [1.54, 1.807) is 0 Å². The van der Waals surface area contributed by atoms with E-state index in [1.807, 2.05) is 0 Å². The first kappa shape index (κ1) is 11.0. The Hall–Kier alpha value is -0.550. The Labute approximate surface area is 102 Å². The molecule has 2 rings (SSSR count). The van der Waals surface area contributed by atoms with E-state index in [-0.39, 0.29) is 23.3 Å². The zero-order valence-corrected chi connectivity index (χ0v) is 10.6. The predicted molar refractivity (Wildman–Crippen MR) is 60.3 cm³/mol. The van der Waals surface area contributed by atoms with Crippen LogP contribution in [-0.4, -0.2) is 14.8 Å². The molecule has 1 aromatic rings. The van der Waals surface area contributed by atoms with E-state index in [0.717, 1.165) is 0 Å². The second-order valence-corrected chi connectivity index (χ2v) is 7.07. The number of rotatable bonds is 0. The number of hydrogen-bond donors (Lipinski definition) is 0. The minimum absolute atomic E-state index is 0.0116. The van der Waals surface area contributed by atoms with Gasteiger partial charge in [-0.25, -0.2) is 4.39 Å². The fourth-order valence-corrected chi connectivity index (χ4v) is 2.45. The number of ketones is 2. The summed E-state index contributed by atoms with van der Waals surface area (Å²) in [5, 5.41) is 0. The van der Waals surface area contributed by atoms with Gasteiger partial charge in [0.25, 0.3) is 0 Å². The van der Waals surface area contributed by atoms with Crippen LogP contribution in [0, 0.1) is 5.82 Å². The van der Waals surface area contributed by atoms with Crippen LogP contribution < -0.4 is 0 Å². The van der Waals surface area contributed by atoms with E-state index in [1.165, 1.54) is 18.2 Å². The predicted octanol–water partition coefficient (Wildman–Crippen LogP) is 3.08. The first-order valence-electron chi connectivity index (χ1n) is 4.18. The molecule has 5 heteroatoms. The molecule has 2 nitrogen and oxygen atoms in total. The van der Waals surface area contributed by atoms with Gasteiger partial charge in [0, 0.05) is 12.0 Å². The summed E-state index contributed by atoms with van der Waals surface area (Å²) >= 11 is 6.16. The maximum absolute atomic E-state index is 13.4. The lowest BCUT2D eigenvalue weighted by atomic mass is 9.89. The Bertz CT molecular complexity index is 468. The zero-order chi connectivity index (χ0) is 11.2. The molecule has 15 heavy (non-hydrogen) atoms. The molecule has 0 N–H and O–H groups in total. The molecule has 0 radical (unpaired) electrons. The summed E-state index contributed by atoms with van der Waals surface area (Å²) in [6.45, 7) is 0. The van der Waals surface area contributed by atoms with Gasteiger partial charge in [-0.3, -0.25) is 9.59 Å². The summed E-state index contributed by atoms with van der Waals surface area (Å²) in [5.74, 6) is -1.36. The number of alkyl halides is 2. The van der Waals surface area contributed by atoms with E-state index < -0.39 is 14.8 Å². The van der Waals surface area contributed by atoms with Gasteiger partial charge in [-0.05, 0) is 6.07 Å². The first-order valence-corrected chi connectivity index (χ1v) is 5.76. The standard InChI is InChI=1S/C10H5Br2FO2/c11-10(12)4-7(14)5-2-1-3-6(13)8(5)9(10)15/h1-3H,4H2. The molecule has 0 fully saturated rings. The van der Waals surface area contributed by atoms with Gasteiger partial charge in [0.1, 0.15) is 5.82 Å². The molecule has 1 aliphatic rings. The number of carbonyl (C=O) groups is 2. The average molecular weight is 336 g/mol. The first-order chi connectivity index (χ1) is 6.93. The van der Waals surface area contributed by atoms with Crippen molar-refractivity contribution in [2.24, 2.45) is 0 Å². The van der Waals surface area contributed by atoms with Crippen molar-refractivity contribution in [2.75, 3.05) is 0 Å². The third kappa shape index (κ3) is 1.67. The molecule has 0 unspecified atom stereocenters. The summed E-state index contributed by atoms with van der Waals surface area (Å²) in [6.07, 6.45) is -0.0116. The van der Waals surface area contributed by atoms with Crippen molar-refractivity contribution in [1.82, 2.24) is 0 Å². The van der Waals surface area contributed by atoms with Crippen molar-refractivity contribution in [1.29, 1.82) is 0 Å². The van der Waals surface area contributed by atoms with E-state index in [4.69, 9.17) is 0 Å². The summed E-state index contributed by atoms with van der Waals surface area (Å²) in [4.78, 5) is 23.4. The molecule has 1 aromatic carbocycles. The normalized spacial score (nSPS) is 18.9. The van der Waals surface area contributed by atoms with Crippen molar-refractivity contribution in [3.05, 3.63) is 35.1 Å². The van der Waals surface area contributed by atoms with Gasteiger partial charge in [-0.2, -0.15) is 0 Å². The van der Waals surface area contributed by atoms with Gasteiger partial charge in [0.2, 0.25) is 0 Å². The fourth-order valence-electron chi connectivity index (χ4n) is 1.55. The zero-order valence-electron chi connectivity index (χ0n) is 7.39. The van der Waals surface area contributed by atoms with E-state index in [2.05, 4.69) is 31.9 Å². The number of benzene rings is 1. The summed E-state index contributed by atoms with van der Waals surface area (Å²) in [7, 11) is 0. The van der Waals surface area contributed by atoms with Crippen LogP contribution in [0.3, 0.4) is 0 Å². The summed E-state index contributed by atoms with van der Waals surface area (Å²) in [6, 6.07) is 4.06. The molecule has 0 amide bonds. The van der Waals surface area contributed by atoms with Crippen LogP contribution in [0.25, 0.3) is 0 Å². The van der Waals surface area contributed by atoms with E-state index >= 15 is 0 Å². The van der Waals surface area contributed by atoms with Crippen LogP contribution in [0.2, 0.25) is 0 Å². The van der Waals surface area contributed by atoms with Crippen molar-refractivity contribution in [2.45, 2.75) is 9.65 Å². The Kier molecular flexibility index (Phi) is 2.55. The van der Waals surface area contributed by atoms with E-state index in [0.29, 0.717) is 0 Å².